The van der Waals surface area contributed by atoms with Crippen LogP contribution in [0.1, 0.15) is 32.6 Å². The Kier molecular flexibility index (Phi) is 4.74. The van der Waals surface area contributed by atoms with E-state index in [0.717, 1.165) is 0 Å². The van der Waals surface area contributed by atoms with E-state index >= 15 is 0 Å². The van der Waals surface area contributed by atoms with Crippen molar-refractivity contribution in [2.24, 2.45) is 0 Å². The van der Waals surface area contributed by atoms with Crippen molar-refractivity contribution in [3.8, 4) is 0 Å². The van der Waals surface area contributed by atoms with Crippen LogP contribution in [0.25, 0.3) is 0 Å². The highest BCUT2D eigenvalue weighted by atomic mass is 19.1. The molecular weight excluding hydrogens is 327 g/mol. The number of rotatable bonds is 2. The van der Waals surface area contributed by atoms with Crippen LogP contribution in [-0.4, -0.2) is 42.8 Å². The maximum absolute atomic E-state index is 14.9. The topological polar surface area (TPSA) is 51.2 Å². The average Bonchev–Trinajstić information content (AvgIpc) is 3.08. The van der Waals surface area contributed by atoms with Gasteiger partial charge in [-0.1, -0.05) is 6.07 Å². The monoisotopic (exact) mass is 350 g/mol. The molecule has 6 nitrogen and oxygen atoms in total. The van der Waals surface area contributed by atoms with Crippen molar-refractivity contribution in [3.05, 3.63) is 42.1 Å². The number of anilines is 1. The minimum atomic E-state index is -0.747. The van der Waals surface area contributed by atoms with Gasteiger partial charge in [-0.3, -0.25) is 0 Å². The van der Waals surface area contributed by atoms with Crippen LogP contribution in [0.3, 0.4) is 0 Å². The zero-order valence-corrected chi connectivity index (χ0v) is 14.7. The molecule has 3 rings (SSSR count). The van der Waals surface area contributed by atoms with Crippen LogP contribution in [0.5, 0.6) is 0 Å². The molecule has 25 heavy (non-hydrogen) atoms. The predicted molar refractivity (Wildman–Crippen MR) is 90.5 cm³/mol. The van der Waals surface area contributed by atoms with E-state index < -0.39 is 11.9 Å². The molecule has 0 spiro atoms. The van der Waals surface area contributed by atoms with Crippen LogP contribution in [-0.2, 0) is 14.2 Å². The Bertz CT molecular complexity index is 656. The van der Waals surface area contributed by atoms with Gasteiger partial charge in [0.25, 0.3) is 6.29 Å². The van der Waals surface area contributed by atoms with Crippen LogP contribution in [0.2, 0.25) is 0 Å². The van der Waals surface area contributed by atoms with Gasteiger partial charge in [-0.15, -0.1) is 0 Å². The fraction of sp³-hybridized carbons (Fsp3) is 0.500. The van der Waals surface area contributed by atoms with Crippen LogP contribution in [0.4, 0.5) is 14.9 Å². The Labute approximate surface area is 146 Å². The fourth-order valence-electron chi connectivity index (χ4n) is 2.81. The van der Waals surface area contributed by atoms with Crippen molar-refractivity contribution in [1.82, 2.24) is 4.90 Å². The molecule has 2 heterocycles. The molecule has 2 aliphatic heterocycles. The molecule has 1 fully saturated rings. The van der Waals surface area contributed by atoms with E-state index in [1.807, 2.05) is 25.7 Å². The highest BCUT2D eigenvalue weighted by Crippen LogP contribution is 2.31. The summed E-state index contributed by atoms with van der Waals surface area (Å²) in [5.41, 5.74) is 0.321. The SMILES string of the molecule is CC(C)(C)OC(=O)N1CCN(c2cccc(C3OC=CO3)c2F)CC1. The number of piperazine rings is 1. The standard InChI is InChI=1S/C18H23FN2O4/c1-18(2,3)25-17(22)21-9-7-20(8-10-21)14-6-4-5-13(15(14)19)16-23-11-12-24-16/h4-6,11-12,16H,7-10H2,1-3H3. The molecule has 0 saturated carbocycles. The smallest absolute Gasteiger partial charge is 0.410 e. The summed E-state index contributed by atoms with van der Waals surface area (Å²) in [5.74, 6) is -0.359. The van der Waals surface area contributed by atoms with Crippen molar-refractivity contribution in [2.75, 3.05) is 31.1 Å². The van der Waals surface area contributed by atoms with Crippen LogP contribution >= 0.6 is 0 Å². The minimum Gasteiger partial charge on any atom is -0.455 e. The molecule has 1 aromatic rings. The summed E-state index contributed by atoms with van der Waals surface area (Å²) in [5, 5.41) is 0. The Balaban J connectivity index is 1.65. The zero-order chi connectivity index (χ0) is 18.0. The number of hydrogen-bond acceptors (Lipinski definition) is 5. The summed E-state index contributed by atoms with van der Waals surface area (Å²) in [6.07, 6.45) is 1.72. The predicted octanol–water partition coefficient (Wildman–Crippen LogP) is 3.40. The largest absolute Gasteiger partial charge is 0.455 e. The lowest BCUT2D eigenvalue weighted by Crippen LogP contribution is -2.50. The molecule has 1 amide bonds. The van der Waals surface area contributed by atoms with E-state index in [0.29, 0.717) is 37.4 Å². The first-order chi connectivity index (χ1) is 11.8. The van der Waals surface area contributed by atoms with Crippen LogP contribution < -0.4 is 4.90 Å². The molecule has 7 heteroatoms. The van der Waals surface area contributed by atoms with Crippen molar-refractivity contribution in [3.63, 3.8) is 0 Å². The molecular formula is C18H23FN2O4. The van der Waals surface area contributed by atoms with Gasteiger partial charge in [0.2, 0.25) is 0 Å². The molecule has 0 N–H and O–H groups in total. The summed E-state index contributed by atoms with van der Waals surface area (Å²) < 4.78 is 30.7. The molecule has 0 bridgehead atoms. The first-order valence-electron chi connectivity index (χ1n) is 8.32. The number of benzene rings is 1. The Morgan fingerprint density at radius 3 is 2.40 bits per heavy atom. The zero-order valence-electron chi connectivity index (χ0n) is 14.7. The number of halogens is 1. The second-order valence-electron chi connectivity index (χ2n) is 7.01. The number of carbonyl (C=O) groups excluding carboxylic acids is 1. The average molecular weight is 350 g/mol. The van der Waals surface area contributed by atoms with Gasteiger partial charge in [-0.2, -0.15) is 0 Å². The van der Waals surface area contributed by atoms with E-state index in [-0.39, 0.29) is 11.9 Å². The quantitative estimate of drug-likeness (QED) is 0.818. The lowest BCUT2D eigenvalue weighted by atomic mass is 10.1. The summed E-state index contributed by atoms with van der Waals surface area (Å²) in [7, 11) is 0. The molecule has 1 saturated heterocycles. The number of carbonyl (C=O) groups is 1. The van der Waals surface area contributed by atoms with E-state index in [4.69, 9.17) is 14.2 Å². The van der Waals surface area contributed by atoms with Gasteiger partial charge >= 0.3 is 6.09 Å². The third-order valence-electron chi connectivity index (χ3n) is 3.99. The van der Waals surface area contributed by atoms with Crippen LogP contribution in [0, 0.1) is 5.82 Å². The molecule has 136 valence electrons. The molecule has 0 atom stereocenters. The summed E-state index contributed by atoms with van der Waals surface area (Å²) in [6, 6.07) is 5.15. The highest BCUT2D eigenvalue weighted by Gasteiger charge is 2.28. The first-order valence-corrected chi connectivity index (χ1v) is 8.32. The minimum absolute atomic E-state index is 0.333. The lowest BCUT2D eigenvalue weighted by Gasteiger charge is -2.37. The van der Waals surface area contributed by atoms with Gasteiger partial charge in [0, 0.05) is 26.2 Å². The summed E-state index contributed by atoms with van der Waals surface area (Å²) >= 11 is 0. The van der Waals surface area contributed by atoms with Gasteiger partial charge in [-0.25, -0.2) is 9.18 Å². The molecule has 0 unspecified atom stereocenters. The Hall–Kier alpha value is -2.44. The number of hydrogen-bond donors (Lipinski definition) is 0. The van der Waals surface area contributed by atoms with Gasteiger partial charge < -0.3 is 24.0 Å². The number of amides is 1. The van der Waals surface area contributed by atoms with Crippen LogP contribution in [0.15, 0.2) is 30.7 Å². The lowest BCUT2D eigenvalue weighted by molar-refractivity contribution is -0.0270. The van der Waals surface area contributed by atoms with Gasteiger partial charge in [0.15, 0.2) is 5.82 Å². The Morgan fingerprint density at radius 2 is 1.80 bits per heavy atom. The number of ether oxygens (including phenoxy) is 3. The Morgan fingerprint density at radius 1 is 1.16 bits per heavy atom. The van der Waals surface area contributed by atoms with Gasteiger partial charge in [0.1, 0.15) is 18.1 Å². The van der Waals surface area contributed by atoms with E-state index in [2.05, 4.69) is 0 Å². The van der Waals surface area contributed by atoms with Gasteiger partial charge in [-0.05, 0) is 32.9 Å². The second-order valence-corrected chi connectivity index (χ2v) is 7.01. The normalized spacial score (nSPS) is 18.1. The fourth-order valence-corrected chi connectivity index (χ4v) is 2.81. The number of nitrogens with zero attached hydrogens (tertiary/aromatic N) is 2. The molecule has 0 radical (unpaired) electrons. The molecule has 0 aromatic heterocycles. The summed E-state index contributed by atoms with van der Waals surface area (Å²) in [6.45, 7) is 7.54. The second kappa shape index (κ2) is 6.82. The molecule has 2 aliphatic rings. The summed E-state index contributed by atoms with van der Waals surface area (Å²) in [4.78, 5) is 15.7. The van der Waals surface area contributed by atoms with E-state index in [1.165, 1.54) is 12.5 Å². The van der Waals surface area contributed by atoms with E-state index in [1.54, 1.807) is 23.1 Å². The van der Waals surface area contributed by atoms with Crippen molar-refractivity contribution < 1.29 is 23.4 Å². The van der Waals surface area contributed by atoms with Crippen molar-refractivity contribution >= 4 is 11.8 Å². The third-order valence-corrected chi connectivity index (χ3v) is 3.99. The van der Waals surface area contributed by atoms with Crippen molar-refractivity contribution in [1.29, 1.82) is 0 Å². The van der Waals surface area contributed by atoms with Gasteiger partial charge in [0.05, 0.1) is 11.3 Å². The third kappa shape index (κ3) is 3.97. The first kappa shape index (κ1) is 17.4. The molecule has 0 aliphatic carbocycles. The highest BCUT2D eigenvalue weighted by molar-refractivity contribution is 5.68. The maximum Gasteiger partial charge on any atom is 0.410 e. The van der Waals surface area contributed by atoms with Crippen molar-refractivity contribution in [2.45, 2.75) is 32.7 Å². The maximum atomic E-state index is 14.9. The van der Waals surface area contributed by atoms with E-state index in [9.17, 15) is 9.18 Å². The molecule has 1 aromatic carbocycles.